The molecule has 1 saturated heterocycles. The maximum atomic E-state index is 13.1. The molecule has 3 nitrogen and oxygen atoms in total. The van der Waals surface area contributed by atoms with Crippen molar-refractivity contribution in [3.8, 4) is 0 Å². The lowest BCUT2D eigenvalue weighted by molar-refractivity contribution is -0.124. The van der Waals surface area contributed by atoms with Gasteiger partial charge >= 0.3 is 0 Å². The molecule has 1 atom stereocenters. The number of halogens is 2. The van der Waals surface area contributed by atoms with Crippen LogP contribution < -0.4 is 11.1 Å². The van der Waals surface area contributed by atoms with E-state index in [1.807, 2.05) is 0 Å². The van der Waals surface area contributed by atoms with E-state index in [-0.39, 0.29) is 0 Å². The van der Waals surface area contributed by atoms with Gasteiger partial charge in [0.05, 0.1) is 0 Å². The van der Waals surface area contributed by atoms with Gasteiger partial charge in [0.2, 0.25) is 5.91 Å². The Balaban J connectivity index is 2.47. The first-order valence-electron chi connectivity index (χ1n) is 5.07. The lowest BCUT2D eigenvalue weighted by atomic mass is 9.87. The number of nitrogens with one attached hydrogen (secondary N) is 1. The highest BCUT2D eigenvalue weighted by Gasteiger charge is 2.41. The Kier molecular flexibility index (Phi) is 2.63. The van der Waals surface area contributed by atoms with Crippen molar-refractivity contribution in [1.29, 1.82) is 0 Å². The molecule has 1 unspecified atom stereocenters. The van der Waals surface area contributed by atoms with Crippen molar-refractivity contribution in [1.82, 2.24) is 5.32 Å². The summed E-state index contributed by atoms with van der Waals surface area (Å²) in [5.41, 5.74) is 4.67. The van der Waals surface area contributed by atoms with Crippen LogP contribution in [0.2, 0.25) is 0 Å². The van der Waals surface area contributed by atoms with Gasteiger partial charge in [-0.25, -0.2) is 8.78 Å². The van der Waals surface area contributed by atoms with Crippen molar-refractivity contribution in [3.05, 3.63) is 35.4 Å². The monoisotopic (exact) mass is 226 g/mol. The molecule has 0 radical (unpaired) electrons. The van der Waals surface area contributed by atoms with E-state index >= 15 is 0 Å². The van der Waals surface area contributed by atoms with Gasteiger partial charge in [-0.2, -0.15) is 0 Å². The van der Waals surface area contributed by atoms with E-state index in [2.05, 4.69) is 5.32 Å². The molecule has 1 fully saturated rings. The normalized spacial score (nSPS) is 24.6. The molecular weight excluding hydrogens is 214 g/mol. The fourth-order valence-electron chi connectivity index (χ4n) is 2.10. The summed E-state index contributed by atoms with van der Waals surface area (Å²) in [7, 11) is 0. The molecule has 0 spiro atoms. The zero-order valence-electron chi connectivity index (χ0n) is 8.59. The molecule has 0 aromatic heterocycles. The molecule has 0 bridgehead atoms. The van der Waals surface area contributed by atoms with Gasteiger partial charge in [-0.05, 0) is 37.1 Å². The van der Waals surface area contributed by atoms with Crippen LogP contribution in [-0.4, -0.2) is 12.5 Å². The van der Waals surface area contributed by atoms with Crippen LogP contribution in [0.4, 0.5) is 8.78 Å². The molecule has 1 amide bonds. The van der Waals surface area contributed by atoms with Gasteiger partial charge in [0.1, 0.15) is 5.54 Å². The predicted octanol–water partition coefficient (Wildman–Crippen LogP) is 1.03. The van der Waals surface area contributed by atoms with Crippen molar-refractivity contribution in [3.63, 3.8) is 0 Å². The molecule has 1 aromatic carbocycles. The number of primary amides is 1. The van der Waals surface area contributed by atoms with Crippen LogP contribution in [0.1, 0.15) is 18.4 Å². The maximum Gasteiger partial charge on any atom is 0.242 e. The standard InChI is InChI=1S/C11H12F2N2O/c12-8-3-2-7(6-9(8)13)11(10(14)16)4-1-5-15-11/h2-3,6,15H,1,4-5H2,(H2,14,16). The fraction of sp³-hybridized carbons (Fsp3) is 0.364. The van der Waals surface area contributed by atoms with E-state index in [1.165, 1.54) is 6.07 Å². The van der Waals surface area contributed by atoms with Crippen LogP contribution in [0.5, 0.6) is 0 Å². The molecule has 86 valence electrons. The first kappa shape index (κ1) is 11.0. The highest BCUT2D eigenvalue weighted by Crippen LogP contribution is 2.31. The van der Waals surface area contributed by atoms with Crippen LogP contribution in [0.15, 0.2) is 18.2 Å². The largest absolute Gasteiger partial charge is 0.368 e. The highest BCUT2D eigenvalue weighted by molar-refractivity contribution is 5.86. The molecule has 0 aliphatic carbocycles. The lowest BCUT2D eigenvalue weighted by Gasteiger charge is -2.26. The van der Waals surface area contributed by atoms with E-state index in [9.17, 15) is 13.6 Å². The fourth-order valence-corrected chi connectivity index (χ4v) is 2.10. The van der Waals surface area contributed by atoms with E-state index in [0.29, 0.717) is 18.5 Å². The number of carbonyl (C=O) groups excluding carboxylic acids is 1. The zero-order valence-corrected chi connectivity index (χ0v) is 8.59. The van der Waals surface area contributed by atoms with E-state index in [1.54, 1.807) is 0 Å². The predicted molar refractivity (Wildman–Crippen MR) is 54.5 cm³/mol. The molecule has 1 aliphatic heterocycles. The van der Waals surface area contributed by atoms with Gasteiger partial charge in [-0.3, -0.25) is 10.1 Å². The van der Waals surface area contributed by atoms with Crippen LogP contribution in [0, 0.1) is 11.6 Å². The zero-order chi connectivity index (χ0) is 11.8. The van der Waals surface area contributed by atoms with Crippen molar-refractivity contribution in [2.24, 2.45) is 5.73 Å². The van der Waals surface area contributed by atoms with Gasteiger partial charge in [0.15, 0.2) is 11.6 Å². The second-order valence-corrected chi connectivity index (χ2v) is 3.93. The molecule has 1 heterocycles. The Bertz CT molecular complexity index is 428. The minimum atomic E-state index is -1.05. The third kappa shape index (κ3) is 1.57. The average Bonchev–Trinajstić information content (AvgIpc) is 2.72. The van der Waals surface area contributed by atoms with Gasteiger partial charge in [0, 0.05) is 0 Å². The summed E-state index contributed by atoms with van der Waals surface area (Å²) < 4.78 is 25.9. The number of nitrogens with two attached hydrogens (primary N) is 1. The molecule has 1 aromatic rings. The van der Waals surface area contributed by atoms with Gasteiger partial charge in [-0.1, -0.05) is 6.07 Å². The van der Waals surface area contributed by atoms with Crippen LogP contribution >= 0.6 is 0 Å². The second-order valence-electron chi connectivity index (χ2n) is 3.93. The number of benzene rings is 1. The number of hydrogen-bond acceptors (Lipinski definition) is 2. The Hall–Kier alpha value is -1.49. The van der Waals surface area contributed by atoms with Crippen LogP contribution in [0.25, 0.3) is 0 Å². The van der Waals surface area contributed by atoms with Crippen LogP contribution in [-0.2, 0) is 10.3 Å². The summed E-state index contributed by atoms with van der Waals surface area (Å²) in [6, 6.07) is 3.43. The minimum Gasteiger partial charge on any atom is -0.368 e. The summed E-state index contributed by atoms with van der Waals surface area (Å²) in [6.07, 6.45) is 1.29. The number of amides is 1. The van der Waals surface area contributed by atoms with Gasteiger partial charge in [-0.15, -0.1) is 0 Å². The van der Waals surface area contributed by atoms with Crippen molar-refractivity contribution >= 4 is 5.91 Å². The Morgan fingerprint density at radius 1 is 1.38 bits per heavy atom. The molecule has 0 saturated carbocycles. The molecule has 5 heteroatoms. The summed E-state index contributed by atoms with van der Waals surface area (Å²) in [4.78, 5) is 11.5. The summed E-state index contributed by atoms with van der Waals surface area (Å²) >= 11 is 0. The number of carbonyl (C=O) groups is 1. The van der Waals surface area contributed by atoms with Crippen molar-refractivity contribution < 1.29 is 13.6 Å². The van der Waals surface area contributed by atoms with Crippen molar-refractivity contribution in [2.75, 3.05) is 6.54 Å². The van der Waals surface area contributed by atoms with E-state index in [0.717, 1.165) is 18.6 Å². The molecule has 2 rings (SSSR count). The molecule has 3 N–H and O–H groups in total. The maximum absolute atomic E-state index is 13.1. The molecule has 1 aliphatic rings. The number of rotatable bonds is 2. The Morgan fingerprint density at radius 2 is 2.12 bits per heavy atom. The van der Waals surface area contributed by atoms with Gasteiger partial charge < -0.3 is 5.73 Å². The van der Waals surface area contributed by atoms with Crippen molar-refractivity contribution in [2.45, 2.75) is 18.4 Å². The topological polar surface area (TPSA) is 55.1 Å². The Labute approximate surface area is 91.6 Å². The quantitative estimate of drug-likeness (QED) is 0.791. The van der Waals surface area contributed by atoms with Crippen LogP contribution in [0.3, 0.4) is 0 Å². The highest BCUT2D eigenvalue weighted by atomic mass is 19.2. The minimum absolute atomic E-state index is 0.386. The summed E-state index contributed by atoms with van der Waals surface area (Å²) in [5.74, 6) is -2.45. The average molecular weight is 226 g/mol. The first-order chi connectivity index (χ1) is 7.56. The third-order valence-corrected chi connectivity index (χ3v) is 2.99. The smallest absolute Gasteiger partial charge is 0.242 e. The number of hydrogen-bond donors (Lipinski definition) is 2. The first-order valence-corrected chi connectivity index (χ1v) is 5.07. The van der Waals surface area contributed by atoms with Gasteiger partial charge in [0.25, 0.3) is 0 Å². The van der Waals surface area contributed by atoms with E-state index < -0.39 is 23.1 Å². The summed E-state index contributed by atoms with van der Waals surface area (Å²) in [6.45, 7) is 0.641. The third-order valence-electron chi connectivity index (χ3n) is 2.99. The molecule has 16 heavy (non-hydrogen) atoms. The van der Waals surface area contributed by atoms with E-state index in [4.69, 9.17) is 5.73 Å². The summed E-state index contributed by atoms with van der Waals surface area (Å²) in [5, 5.41) is 2.97. The SMILES string of the molecule is NC(=O)C1(c2ccc(F)c(F)c2)CCCN1. The Morgan fingerprint density at radius 3 is 2.62 bits per heavy atom. The molecular formula is C11H12F2N2O. The second kappa shape index (κ2) is 3.83. The lowest BCUT2D eigenvalue weighted by Crippen LogP contribution is -2.48.